The summed E-state index contributed by atoms with van der Waals surface area (Å²) < 4.78 is 6.51. The van der Waals surface area contributed by atoms with E-state index in [1.54, 1.807) is 18.9 Å². The SMILES string of the molecule is COc1ccccc1SCC(C)CNC(=O)Cn1cc(C(=O)O)nn1. The average molecular weight is 364 g/mol. The van der Waals surface area contributed by atoms with Crippen molar-refractivity contribution in [3.05, 3.63) is 36.2 Å². The number of carbonyl (C=O) groups is 2. The fraction of sp³-hybridized carbons (Fsp3) is 0.375. The number of carbonyl (C=O) groups excluding carboxylic acids is 1. The van der Waals surface area contributed by atoms with Gasteiger partial charge in [-0.25, -0.2) is 9.48 Å². The van der Waals surface area contributed by atoms with Gasteiger partial charge in [0.1, 0.15) is 12.3 Å². The van der Waals surface area contributed by atoms with E-state index < -0.39 is 5.97 Å². The van der Waals surface area contributed by atoms with E-state index in [-0.39, 0.29) is 24.1 Å². The second kappa shape index (κ2) is 9.07. The van der Waals surface area contributed by atoms with Crippen LogP contribution in [0.2, 0.25) is 0 Å². The molecule has 1 aromatic carbocycles. The van der Waals surface area contributed by atoms with Gasteiger partial charge in [0, 0.05) is 17.2 Å². The quantitative estimate of drug-likeness (QED) is 0.650. The van der Waals surface area contributed by atoms with Crippen molar-refractivity contribution >= 4 is 23.6 Å². The number of aromatic carboxylic acids is 1. The normalized spacial score (nSPS) is 11.8. The number of nitrogens with one attached hydrogen (secondary N) is 1. The first-order valence-corrected chi connectivity index (χ1v) is 8.64. The fourth-order valence-corrected chi connectivity index (χ4v) is 3.04. The predicted octanol–water partition coefficient (Wildman–Crippen LogP) is 1.53. The Hall–Kier alpha value is -2.55. The van der Waals surface area contributed by atoms with Crippen molar-refractivity contribution in [3.63, 3.8) is 0 Å². The van der Waals surface area contributed by atoms with Crippen molar-refractivity contribution < 1.29 is 19.4 Å². The van der Waals surface area contributed by atoms with Crippen LogP contribution in [0.1, 0.15) is 17.4 Å². The number of hydrogen-bond acceptors (Lipinski definition) is 6. The van der Waals surface area contributed by atoms with Gasteiger partial charge in [0.2, 0.25) is 5.91 Å². The molecule has 0 fully saturated rings. The maximum atomic E-state index is 11.9. The lowest BCUT2D eigenvalue weighted by molar-refractivity contribution is -0.122. The number of carboxylic acid groups (broad SMARTS) is 1. The molecule has 1 aromatic heterocycles. The summed E-state index contributed by atoms with van der Waals surface area (Å²) in [7, 11) is 1.64. The Morgan fingerprint density at radius 1 is 1.40 bits per heavy atom. The molecular formula is C16H20N4O4S. The van der Waals surface area contributed by atoms with Crippen LogP contribution in [0.3, 0.4) is 0 Å². The average Bonchev–Trinajstić information content (AvgIpc) is 3.07. The number of benzene rings is 1. The topological polar surface area (TPSA) is 106 Å². The molecule has 25 heavy (non-hydrogen) atoms. The third-order valence-corrected chi connectivity index (χ3v) is 4.69. The molecule has 2 N–H and O–H groups in total. The van der Waals surface area contributed by atoms with Gasteiger partial charge in [-0.3, -0.25) is 4.79 Å². The molecule has 0 saturated carbocycles. The summed E-state index contributed by atoms with van der Waals surface area (Å²) >= 11 is 1.67. The van der Waals surface area contributed by atoms with Gasteiger partial charge in [0.05, 0.1) is 13.3 Å². The lowest BCUT2D eigenvalue weighted by Gasteiger charge is -2.13. The van der Waals surface area contributed by atoms with Crippen molar-refractivity contribution in [2.45, 2.75) is 18.4 Å². The van der Waals surface area contributed by atoms with Gasteiger partial charge >= 0.3 is 5.97 Å². The lowest BCUT2D eigenvalue weighted by Crippen LogP contribution is -2.32. The largest absolute Gasteiger partial charge is 0.496 e. The number of thioether (sulfide) groups is 1. The molecule has 0 spiro atoms. The number of methoxy groups -OCH3 is 1. The minimum absolute atomic E-state index is 0.0628. The monoisotopic (exact) mass is 364 g/mol. The predicted molar refractivity (Wildman–Crippen MR) is 92.9 cm³/mol. The maximum absolute atomic E-state index is 11.9. The fourth-order valence-electron chi connectivity index (χ4n) is 1.99. The molecule has 9 heteroatoms. The molecule has 1 amide bonds. The zero-order chi connectivity index (χ0) is 18.2. The summed E-state index contributed by atoms with van der Waals surface area (Å²) in [6, 6.07) is 7.80. The van der Waals surface area contributed by atoms with Crippen LogP contribution >= 0.6 is 11.8 Å². The van der Waals surface area contributed by atoms with E-state index in [1.165, 1.54) is 10.9 Å². The Balaban J connectivity index is 1.74. The number of amides is 1. The van der Waals surface area contributed by atoms with Gasteiger partial charge in [-0.1, -0.05) is 24.3 Å². The summed E-state index contributed by atoms with van der Waals surface area (Å²) in [5.74, 6) is 0.505. The third-order valence-electron chi connectivity index (χ3n) is 3.30. The molecule has 8 nitrogen and oxygen atoms in total. The zero-order valence-electron chi connectivity index (χ0n) is 14.0. The minimum Gasteiger partial charge on any atom is -0.496 e. The Bertz CT molecular complexity index is 734. The van der Waals surface area contributed by atoms with E-state index in [9.17, 15) is 9.59 Å². The van der Waals surface area contributed by atoms with Gasteiger partial charge in [0.15, 0.2) is 5.69 Å². The maximum Gasteiger partial charge on any atom is 0.358 e. The zero-order valence-corrected chi connectivity index (χ0v) is 14.8. The van der Waals surface area contributed by atoms with Crippen LogP contribution in [-0.4, -0.2) is 51.4 Å². The highest BCUT2D eigenvalue weighted by Crippen LogP contribution is 2.29. The van der Waals surface area contributed by atoms with Crippen LogP contribution in [0, 0.1) is 5.92 Å². The number of para-hydroxylation sites is 1. The Morgan fingerprint density at radius 2 is 2.16 bits per heavy atom. The van der Waals surface area contributed by atoms with Crippen molar-refractivity contribution in [3.8, 4) is 5.75 Å². The molecular weight excluding hydrogens is 344 g/mol. The van der Waals surface area contributed by atoms with E-state index in [0.29, 0.717) is 6.54 Å². The minimum atomic E-state index is -1.17. The van der Waals surface area contributed by atoms with Crippen molar-refractivity contribution in [2.75, 3.05) is 19.4 Å². The summed E-state index contributed by atoms with van der Waals surface area (Å²) in [5, 5.41) is 18.7. The van der Waals surface area contributed by atoms with Gasteiger partial charge in [-0.15, -0.1) is 16.9 Å². The first kappa shape index (κ1) is 18.8. The Morgan fingerprint density at radius 3 is 2.84 bits per heavy atom. The smallest absolute Gasteiger partial charge is 0.358 e. The molecule has 0 aliphatic rings. The van der Waals surface area contributed by atoms with Crippen molar-refractivity contribution in [1.29, 1.82) is 0 Å². The second-order valence-corrected chi connectivity index (χ2v) is 6.54. The molecule has 1 unspecified atom stereocenters. The number of nitrogens with zero attached hydrogens (tertiary/aromatic N) is 3. The number of hydrogen-bond donors (Lipinski definition) is 2. The van der Waals surface area contributed by atoms with Crippen molar-refractivity contribution in [2.24, 2.45) is 5.92 Å². The molecule has 2 aromatic rings. The van der Waals surface area contributed by atoms with E-state index in [2.05, 4.69) is 15.6 Å². The number of carboxylic acids is 1. The van der Waals surface area contributed by atoms with Gasteiger partial charge in [0.25, 0.3) is 0 Å². The van der Waals surface area contributed by atoms with E-state index in [4.69, 9.17) is 9.84 Å². The molecule has 1 heterocycles. The van der Waals surface area contributed by atoms with E-state index >= 15 is 0 Å². The molecule has 0 aliphatic carbocycles. The number of aromatic nitrogens is 3. The number of ether oxygens (including phenoxy) is 1. The second-order valence-electron chi connectivity index (χ2n) is 5.48. The summed E-state index contributed by atoms with van der Waals surface area (Å²) in [4.78, 5) is 23.7. The Kier molecular flexibility index (Phi) is 6.81. The van der Waals surface area contributed by atoms with E-state index in [0.717, 1.165) is 16.4 Å². The third kappa shape index (κ3) is 5.79. The van der Waals surface area contributed by atoms with Gasteiger partial charge < -0.3 is 15.2 Å². The van der Waals surface area contributed by atoms with Crippen molar-refractivity contribution in [1.82, 2.24) is 20.3 Å². The summed E-state index contributed by atoms with van der Waals surface area (Å²) in [5.41, 5.74) is -0.186. The van der Waals surface area contributed by atoms with Crippen LogP contribution in [0.25, 0.3) is 0 Å². The highest BCUT2D eigenvalue weighted by Gasteiger charge is 2.12. The molecule has 2 rings (SSSR count). The van der Waals surface area contributed by atoms with Gasteiger partial charge in [-0.2, -0.15) is 0 Å². The first-order valence-electron chi connectivity index (χ1n) is 7.65. The van der Waals surface area contributed by atoms with Crippen LogP contribution in [0.15, 0.2) is 35.4 Å². The molecule has 0 aliphatic heterocycles. The highest BCUT2D eigenvalue weighted by molar-refractivity contribution is 7.99. The molecule has 0 radical (unpaired) electrons. The standard InChI is InChI=1S/C16H20N4O4S/c1-11(10-25-14-6-4-3-5-13(14)24-2)7-17-15(21)9-20-8-12(16(22)23)18-19-20/h3-6,8,11H,7,9-10H2,1-2H3,(H,17,21)(H,22,23). The summed E-state index contributed by atoms with van der Waals surface area (Å²) in [6.07, 6.45) is 1.23. The highest BCUT2D eigenvalue weighted by atomic mass is 32.2. The molecule has 1 atom stereocenters. The van der Waals surface area contributed by atoms with Crippen LogP contribution < -0.4 is 10.1 Å². The summed E-state index contributed by atoms with van der Waals surface area (Å²) in [6.45, 7) is 2.49. The molecule has 0 bridgehead atoms. The Labute approximate surface area is 149 Å². The lowest BCUT2D eigenvalue weighted by atomic mass is 10.2. The van der Waals surface area contributed by atoms with Crippen LogP contribution in [-0.2, 0) is 11.3 Å². The first-order chi connectivity index (χ1) is 12.0. The van der Waals surface area contributed by atoms with Gasteiger partial charge in [-0.05, 0) is 18.1 Å². The molecule has 0 saturated heterocycles. The van der Waals surface area contributed by atoms with E-state index in [1.807, 2.05) is 31.2 Å². The van der Waals surface area contributed by atoms with Crippen LogP contribution in [0.5, 0.6) is 5.75 Å². The van der Waals surface area contributed by atoms with Crippen LogP contribution in [0.4, 0.5) is 0 Å². The molecule has 134 valence electrons. The number of rotatable bonds is 9.